The average Bonchev–Trinajstić information content (AvgIpc) is 1.61. The van der Waals surface area contributed by atoms with Gasteiger partial charge in [0, 0.05) is 0 Å². The molecule has 0 aromatic carbocycles. The van der Waals surface area contributed by atoms with E-state index in [1.165, 1.54) is 14.1 Å². The maximum atomic E-state index is 10.1. The summed E-state index contributed by atoms with van der Waals surface area (Å²) in [5, 5.41) is 21.1. The Labute approximate surface area is 59.2 Å². The molecule has 0 amide bonds. The van der Waals surface area contributed by atoms with Crippen molar-refractivity contribution in [3.8, 4) is 0 Å². The Hall–Kier alpha value is 0.570. The number of halogens is 1. The quantitative estimate of drug-likeness (QED) is 0.169. The summed E-state index contributed by atoms with van der Waals surface area (Å²) in [5.41, 5.74) is 0. The molecule has 0 bridgehead atoms. The third kappa shape index (κ3) is 6.57. The third-order valence-electron chi connectivity index (χ3n) is 0.390. The molecule has 0 aliphatic rings. The molecular formula is C3H8IN2O2-3. The number of hydrogen-bond acceptors (Lipinski definition) is 4. The van der Waals surface area contributed by atoms with Crippen LogP contribution in [-0.2, 0) is 0 Å². The minimum atomic E-state index is -0.584. The number of hydroxylamine groups is 3. The molecule has 0 radical (unpaired) electrons. The molecule has 0 aromatic rings. The van der Waals surface area contributed by atoms with Crippen LogP contribution in [0.4, 0.5) is 0 Å². The van der Waals surface area contributed by atoms with E-state index in [1.807, 2.05) is 0 Å². The van der Waals surface area contributed by atoms with E-state index in [9.17, 15) is 10.4 Å². The molecule has 0 N–H and O–H groups in total. The molecule has 0 aliphatic carbocycles. The van der Waals surface area contributed by atoms with Crippen LogP contribution in [0.1, 0.15) is 0 Å². The molecule has 0 unspecified atom stereocenters. The van der Waals surface area contributed by atoms with E-state index < -0.39 is 21.5 Å². The van der Waals surface area contributed by atoms with Gasteiger partial charge < -0.3 is 0 Å². The van der Waals surface area contributed by atoms with Gasteiger partial charge in [0.15, 0.2) is 0 Å². The van der Waals surface area contributed by atoms with Gasteiger partial charge in [-0.2, -0.15) is 0 Å². The molecule has 8 heavy (non-hydrogen) atoms. The van der Waals surface area contributed by atoms with E-state index in [0.717, 1.165) is 8.34 Å². The first kappa shape index (κ1) is 8.57. The summed E-state index contributed by atoms with van der Waals surface area (Å²) in [6.07, 6.45) is 0. The monoisotopic (exact) mass is 231 g/mol. The van der Waals surface area contributed by atoms with Crippen LogP contribution in [0.3, 0.4) is 0 Å². The van der Waals surface area contributed by atoms with Crippen LogP contribution in [0.2, 0.25) is 0 Å². The van der Waals surface area contributed by atoms with E-state index in [-0.39, 0.29) is 0 Å². The van der Waals surface area contributed by atoms with Gasteiger partial charge in [0.25, 0.3) is 0 Å². The first-order valence-electron chi connectivity index (χ1n) is 2.01. The van der Waals surface area contributed by atoms with Crippen LogP contribution in [0.25, 0.3) is 0 Å². The molecular weight excluding hydrogens is 223 g/mol. The van der Waals surface area contributed by atoms with Crippen molar-refractivity contribution in [2.24, 2.45) is 0 Å². The van der Waals surface area contributed by atoms with Crippen LogP contribution in [0.5, 0.6) is 0 Å². The van der Waals surface area contributed by atoms with Gasteiger partial charge in [-0.3, -0.25) is 0 Å². The van der Waals surface area contributed by atoms with E-state index >= 15 is 0 Å². The maximum absolute atomic E-state index is 10.1. The average molecular weight is 231 g/mol. The van der Waals surface area contributed by atoms with Gasteiger partial charge in [-0.25, -0.2) is 0 Å². The first-order valence-corrected chi connectivity index (χ1v) is 4.50. The summed E-state index contributed by atoms with van der Waals surface area (Å²) >= 11 is -0.584. The predicted molar refractivity (Wildman–Crippen MR) is 27.1 cm³/mol. The number of alkyl halides is 1. The minimum absolute atomic E-state index is 0.388. The van der Waals surface area contributed by atoms with Crippen LogP contribution < -0.4 is 21.5 Å². The Kier molecular flexibility index (Phi) is 4.77. The van der Waals surface area contributed by atoms with Gasteiger partial charge in [-0.15, -0.1) is 0 Å². The van der Waals surface area contributed by atoms with Gasteiger partial charge in [0.05, 0.1) is 0 Å². The molecule has 0 saturated heterocycles. The van der Waals surface area contributed by atoms with Crippen LogP contribution in [0.15, 0.2) is 0 Å². The summed E-state index contributed by atoms with van der Waals surface area (Å²) in [4.78, 5) is 0. The van der Waals surface area contributed by atoms with Crippen LogP contribution in [0, 0.1) is 10.4 Å². The standard InChI is InChI=1S/C3H8IN2O2/c1-5(7)3-4-6(2)8/h3H2,1-2H3/q-3. The molecule has 0 heterocycles. The van der Waals surface area contributed by atoms with E-state index in [4.69, 9.17) is 0 Å². The molecule has 52 valence electrons. The topological polar surface area (TPSA) is 52.6 Å². The zero-order chi connectivity index (χ0) is 6.57. The summed E-state index contributed by atoms with van der Waals surface area (Å²) in [6, 6.07) is 0. The van der Waals surface area contributed by atoms with Crippen molar-refractivity contribution in [1.82, 2.24) is 8.34 Å². The third-order valence-corrected chi connectivity index (χ3v) is 2.62. The van der Waals surface area contributed by atoms with Crippen molar-refractivity contribution in [2.45, 2.75) is 0 Å². The van der Waals surface area contributed by atoms with Crippen molar-refractivity contribution >= 4 is 0 Å². The normalized spacial score (nSPS) is 11.8. The second-order valence-corrected chi connectivity index (χ2v) is 4.01. The zero-order valence-electron chi connectivity index (χ0n) is 4.80. The Morgan fingerprint density at radius 1 is 1.38 bits per heavy atom. The summed E-state index contributed by atoms with van der Waals surface area (Å²) in [7, 11) is 2.86. The zero-order valence-corrected chi connectivity index (χ0v) is 6.95. The Morgan fingerprint density at radius 3 is 2.00 bits per heavy atom. The number of hydrogen-bond donors (Lipinski definition) is 0. The molecule has 0 atom stereocenters. The van der Waals surface area contributed by atoms with Crippen molar-refractivity contribution in [3.63, 3.8) is 0 Å². The molecule has 0 fully saturated rings. The Morgan fingerprint density at radius 2 is 1.88 bits per heavy atom. The second-order valence-electron chi connectivity index (χ2n) is 1.29. The molecule has 4 nitrogen and oxygen atoms in total. The van der Waals surface area contributed by atoms with Crippen molar-refractivity contribution < 1.29 is 21.5 Å². The van der Waals surface area contributed by atoms with Gasteiger partial charge in [-0.05, 0) is 0 Å². The Bertz CT molecular complexity index is 51.2. The molecule has 0 saturated carbocycles. The van der Waals surface area contributed by atoms with Gasteiger partial charge in [-0.1, -0.05) is 0 Å². The predicted octanol–water partition coefficient (Wildman–Crippen LogP) is -3.19. The van der Waals surface area contributed by atoms with Crippen LogP contribution in [-0.4, -0.2) is 27.0 Å². The van der Waals surface area contributed by atoms with E-state index in [1.54, 1.807) is 0 Å². The fraction of sp³-hybridized carbons (Fsp3) is 1.00. The SMILES string of the molecule is CN([O-])C[I-]N(C)[O-]. The molecule has 0 rings (SSSR count). The molecule has 5 heteroatoms. The van der Waals surface area contributed by atoms with Crippen molar-refractivity contribution in [3.05, 3.63) is 10.4 Å². The first-order chi connectivity index (χ1) is 3.63. The number of nitrogens with zero attached hydrogens (tertiary/aromatic N) is 2. The van der Waals surface area contributed by atoms with Gasteiger partial charge in [0.1, 0.15) is 0 Å². The molecule has 0 spiro atoms. The Balaban J connectivity index is 2.93. The summed E-state index contributed by atoms with van der Waals surface area (Å²) < 4.78 is 1.23. The van der Waals surface area contributed by atoms with E-state index in [2.05, 4.69) is 0 Å². The fourth-order valence-electron chi connectivity index (χ4n) is 0.151. The molecule has 0 aliphatic heterocycles. The van der Waals surface area contributed by atoms with E-state index in [0.29, 0.717) is 4.55 Å². The fourth-order valence-corrected chi connectivity index (χ4v) is 1.01. The van der Waals surface area contributed by atoms with Crippen molar-refractivity contribution in [2.75, 3.05) is 18.6 Å². The summed E-state index contributed by atoms with van der Waals surface area (Å²) in [5.74, 6) is 0. The molecule has 0 aromatic heterocycles. The number of rotatable bonds is 3. The summed E-state index contributed by atoms with van der Waals surface area (Å²) in [6.45, 7) is 0. The second kappa shape index (κ2) is 4.45. The van der Waals surface area contributed by atoms with Crippen molar-refractivity contribution in [1.29, 1.82) is 0 Å². The van der Waals surface area contributed by atoms with Crippen LogP contribution >= 0.6 is 0 Å². The van der Waals surface area contributed by atoms with Gasteiger partial charge >= 0.3 is 58.9 Å². The van der Waals surface area contributed by atoms with Gasteiger partial charge in [0.2, 0.25) is 0 Å².